The third-order valence-corrected chi connectivity index (χ3v) is 4.91. The first-order valence-electron chi connectivity index (χ1n) is 2.38. The Morgan fingerprint density at radius 3 is 2.00 bits per heavy atom. The van der Waals surface area contributed by atoms with E-state index in [1.807, 2.05) is 0 Å². The molecule has 0 radical (unpaired) electrons. The van der Waals surface area contributed by atoms with Crippen LogP contribution in [0, 0.1) is 0 Å². The molecule has 2 N–H and O–H groups in total. The van der Waals surface area contributed by atoms with Crippen molar-refractivity contribution in [2.75, 3.05) is 11.7 Å². The van der Waals surface area contributed by atoms with Gasteiger partial charge in [-0.3, -0.25) is 0 Å². The zero-order chi connectivity index (χ0) is 5.91. The van der Waals surface area contributed by atoms with Gasteiger partial charge in [0.05, 0.1) is 8.07 Å². The van der Waals surface area contributed by atoms with Gasteiger partial charge in [-0.2, -0.15) is 0 Å². The highest BCUT2D eigenvalue weighted by atomic mass is 35.5. The summed E-state index contributed by atoms with van der Waals surface area (Å²) in [6, 6.07) is 0. The second-order valence-corrected chi connectivity index (χ2v) is 8.31. The molecule has 0 atom stereocenters. The molecule has 0 aromatic heterocycles. The molecule has 3 heteroatoms. The van der Waals surface area contributed by atoms with E-state index < -0.39 is 8.07 Å². The summed E-state index contributed by atoms with van der Waals surface area (Å²) in [5.41, 5.74) is 6.18. The van der Waals surface area contributed by atoms with E-state index in [1.165, 1.54) is 0 Å². The summed E-state index contributed by atoms with van der Waals surface area (Å²) < 4.78 is 0. The summed E-state index contributed by atoms with van der Waals surface area (Å²) >= 11 is 5.58. The van der Waals surface area contributed by atoms with Crippen molar-refractivity contribution in [2.45, 2.75) is 13.1 Å². The van der Waals surface area contributed by atoms with Crippen LogP contribution in [-0.4, -0.2) is 19.7 Å². The lowest BCUT2D eigenvalue weighted by Crippen LogP contribution is -2.38. The highest BCUT2D eigenvalue weighted by Crippen LogP contribution is 1.99. The van der Waals surface area contributed by atoms with Crippen molar-refractivity contribution >= 4 is 19.7 Å². The van der Waals surface area contributed by atoms with Crippen LogP contribution in [0.5, 0.6) is 0 Å². The average molecular weight is 138 g/mol. The molecule has 0 spiro atoms. The normalized spacial score (nSPS) is 12.0. The Bertz CT molecular complexity index is 49.7. The van der Waals surface area contributed by atoms with Crippen LogP contribution >= 0.6 is 11.6 Å². The largest absolute Gasteiger partial charge is 0.333 e. The third-order valence-electron chi connectivity index (χ3n) is 0.914. The Balaban J connectivity index is 3.36. The van der Waals surface area contributed by atoms with Gasteiger partial charge in [0.2, 0.25) is 0 Å². The van der Waals surface area contributed by atoms with E-state index in [0.717, 1.165) is 11.7 Å². The molecule has 0 unspecified atom stereocenters. The van der Waals surface area contributed by atoms with Gasteiger partial charge in [-0.25, -0.2) is 0 Å². The molecule has 0 aliphatic carbocycles. The Labute approximate surface area is 50.9 Å². The maximum Gasteiger partial charge on any atom is 0.0783 e. The highest BCUT2D eigenvalue weighted by Gasteiger charge is 2.15. The van der Waals surface area contributed by atoms with Crippen molar-refractivity contribution in [3.8, 4) is 0 Å². The van der Waals surface area contributed by atoms with Crippen LogP contribution in [-0.2, 0) is 0 Å². The topological polar surface area (TPSA) is 26.0 Å². The Hall–Kier alpha value is 0.467. The molecule has 7 heavy (non-hydrogen) atoms. The van der Waals surface area contributed by atoms with Crippen molar-refractivity contribution in [1.29, 1.82) is 0 Å². The molecule has 44 valence electrons. The van der Waals surface area contributed by atoms with E-state index in [-0.39, 0.29) is 0 Å². The molecule has 0 fully saturated rings. The van der Waals surface area contributed by atoms with Gasteiger partial charge in [-0.05, 0) is 6.17 Å². The molecule has 0 amide bonds. The standard InChI is InChI=1S/C4H12ClNSi/c1-7(2,3-5)4-6/h3-4,6H2,1-2H3. The van der Waals surface area contributed by atoms with Crippen LogP contribution in [0.3, 0.4) is 0 Å². The highest BCUT2D eigenvalue weighted by molar-refractivity contribution is 6.83. The van der Waals surface area contributed by atoms with Crippen molar-refractivity contribution in [3.05, 3.63) is 0 Å². The van der Waals surface area contributed by atoms with Gasteiger partial charge in [-0.15, -0.1) is 11.6 Å². The smallest absolute Gasteiger partial charge is 0.0783 e. The molecule has 0 aliphatic heterocycles. The minimum absolute atomic E-state index is 0.781. The molecule has 0 saturated heterocycles. The van der Waals surface area contributed by atoms with E-state index in [2.05, 4.69) is 13.1 Å². The van der Waals surface area contributed by atoms with Crippen LogP contribution in [0.1, 0.15) is 0 Å². The number of rotatable bonds is 2. The molecule has 0 bridgehead atoms. The minimum Gasteiger partial charge on any atom is -0.333 e. The Kier molecular flexibility index (Phi) is 2.88. The second-order valence-electron chi connectivity index (χ2n) is 2.50. The molecule has 1 nitrogen and oxygen atoms in total. The van der Waals surface area contributed by atoms with Gasteiger partial charge in [0.15, 0.2) is 0 Å². The molecule has 0 rings (SSSR count). The SMILES string of the molecule is C[Si](C)(CN)CCl. The van der Waals surface area contributed by atoms with Crippen LogP contribution in [0.2, 0.25) is 13.1 Å². The fraction of sp³-hybridized carbons (Fsp3) is 1.00. The third kappa shape index (κ3) is 3.09. The monoisotopic (exact) mass is 137 g/mol. The van der Waals surface area contributed by atoms with E-state index in [1.54, 1.807) is 0 Å². The second kappa shape index (κ2) is 2.70. The maximum atomic E-state index is 5.58. The van der Waals surface area contributed by atoms with Crippen LogP contribution in [0.15, 0.2) is 0 Å². The predicted octanol–water partition coefficient (Wildman–Crippen LogP) is 0.971. The van der Waals surface area contributed by atoms with E-state index in [4.69, 9.17) is 17.3 Å². The summed E-state index contributed by atoms with van der Waals surface area (Å²) in [4.78, 5) is 0. The summed E-state index contributed by atoms with van der Waals surface area (Å²) in [5, 5.41) is 0. The number of halogens is 1. The molecule has 0 aromatic carbocycles. The zero-order valence-corrected chi connectivity index (χ0v) is 6.63. The van der Waals surface area contributed by atoms with Crippen molar-refractivity contribution in [3.63, 3.8) is 0 Å². The summed E-state index contributed by atoms with van der Waals surface area (Å²) in [6.45, 7) is 4.36. The molecule has 0 aromatic rings. The molecular formula is C4H12ClNSi. The van der Waals surface area contributed by atoms with Crippen molar-refractivity contribution < 1.29 is 0 Å². The fourth-order valence-corrected chi connectivity index (χ4v) is 0.491. The van der Waals surface area contributed by atoms with Gasteiger partial charge in [0.25, 0.3) is 0 Å². The van der Waals surface area contributed by atoms with Gasteiger partial charge in [0.1, 0.15) is 0 Å². The fourth-order valence-electron chi connectivity index (χ4n) is 0.0546. The van der Waals surface area contributed by atoms with E-state index in [9.17, 15) is 0 Å². The number of alkyl halides is 1. The lowest BCUT2D eigenvalue weighted by molar-refractivity contribution is 1.29. The van der Waals surface area contributed by atoms with Gasteiger partial charge in [-0.1, -0.05) is 13.1 Å². The van der Waals surface area contributed by atoms with E-state index >= 15 is 0 Å². The predicted molar refractivity (Wildman–Crippen MR) is 37.3 cm³/mol. The quantitative estimate of drug-likeness (QED) is 0.446. The molecule has 0 saturated carbocycles. The minimum atomic E-state index is -1.11. The first-order chi connectivity index (χ1) is 3.12. The van der Waals surface area contributed by atoms with Gasteiger partial charge in [0, 0.05) is 5.50 Å². The van der Waals surface area contributed by atoms with Crippen molar-refractivity contribution in [1.82, 2.24) is 0 Å². The lowest BCUT2D eigenvalue weighted by Gasteiger charge is -2.13. The number of hydrogen-bond acceptors (Lipinski definition) is 1. The number of nitrogens with two attached hydrogens (primary N) is 1. The summed E-state index contributed by atoms with van der Waals surface area (Å²) in [7, 11) is -1.11. The van der Waals surface area contributed by atoms with Crippen molar-refractivity contribution in [2.24, 2.45) is 5.73 Å². The molecular weight excluding hydrogens is 126 g/mol. The Morgan fingerprint density at radius 2 is 2.00 bits per heavy atom. The van der Waals surface area contributed by atoms with Crippen LogP contribution in [0.4, 0.5) is 0 Å². The van der Waals surface area contributed by atoms with Crippen LogP contribution in [0.25, 0.3) is 0 Å². The van der Waals surface area contributed by atoms with Gasteiger partial charge < -0.3 is 5.73 Å². The van der Waals surface area contributed by atoms with Crippen LogP contribution < -0.4 is 5.73 Å². The van der Waals surface area contributed by atoms with E-state index in [0.29, 0.717) is 0 Å². The zero-order valence-electron chi connectivity index (χ0n) is 4.87. The average Bonchev–Trinajstić information content (AvgIpc) is 1.68. The summed E-state index contributed by atoms with van der Waals surface area (Å²) in [5.74, 6) is 0. The number of hydrogen-bond donors (Lipinski definition) is 1. The lowest BCUT2D eigenvalue weighted by atomic mass is 11.5. The molecule has 0 aliphatic rings. The first-order valence-corrected chi connectivity index (χ1v) is 6.33. The first kappa shape index (κ1) is 7.47. The summed E-state index contributed by atoms with van der Waals surface area (Å²) in [6.07, 6.45) is 0.802. The molecule has 0 heterocycles. The Morgan fingerprint density at radius 1 is 1.57 bits per heavy atom. The maximum absolute atomic E-state index is 5.58. The van der Waals surface area contributed by atoms with Gasteiger partial charge >= 0.3 is 0 Å².